The first kappa shape index (κ1) is 68.3. The smallest absolute Gasteiger partial charge is 0.306 e. The van der Waals surface area contributed by atoms with Gasteiger partial charge in [0, 0.05) is 19.3 Å². The molecule has 72 heavy (non-hydrogen) atoms. The van der Waals surface area contributed by atoms with E-state index in [4.69, 9.17) is 14.2 Å². The summed E-state index contributed by atoms with van der Waals surface area (Å²) in [4.78, 5) is 38.2. The van der Waals surface area contributed by atoms with Gasteiger partial charge in [0.15, 0.2) is 6.10 Å². The van der Waals surface area contributed by atoms with Crippen LogP contribution >= 0.6 is 0 Å². The van der Waals surface area contributed by atoms with Crippen molar-refractivity contribution in [2.45, 2.75) is 290 Å². The van der Waals surface area contributed by atoms with Crippen molar-refractivity contribution in [1.29, 1.82) is 0 Å². The lowest BCUT2D eigenvalue weighted by Gasteiger charge is -2.18. The number of hydrogen-bond acceptors (Lipinski definition) is 6. The van der Waals surface area contributed by atoms with E-state index >= 15 is 0 Å². The van der Waals surface area contributed by atoms with Crippen molar-refractivity contribution >= 4 is 17.9 Å². The zero-order chi connectivity index (χ0) is 52.2. The van der Waals surface area contributed by atoms with Gasteiger partial charge >= 0.3 is 17.9 Å². The zero-order valence-corrected chi connectivity index (χ0v) is 47.2. The quantitative estimate of drug-likeness (QED) is 0.0261. The first-order valence-corrected chi connectivity index (χ1v) is 30.2. The minimum atomic E-state index is -0.791. The second-order valence-electron chi connectivity index (χ2n) is 19.9. The Bertz CT molecular complexity index is 1430. The number of hydrogen-bond donors (Lipinski definition) is 0. The molecule has 0 aliphatic rings. The first-order valence-electron chi connectivity index (χ1n) is 30.2. The van der Waals surface area contributed by atoms with Gasteiger partial charge in [-0.15, -0.1) is 0 Å². The molecule has 1 atom stereocenters. The van der Waals surface area contributed by atoms with Crippen LogP contribution in [0, 0.1) is 0 Å². The summed E-state index contributed by atoms with van der Waals surface area (Å²) in [6.45, 7) is 6.41. The molecule has 0 saturated carbocycles. The van der Waals surface area contributed by atoms with E-state index in [0.717, 1.165) is 141 Å². The van der Waals surface area contributed by atoms with Crippen LogP contribution in [0.5, 0.6) is 0 Å². The molecular formula is C66H112O6. The molecule has 0 amide bonds. The van der Waals surface area contributed by atoms with Crippen molar-refractivity contribution in [2.75, 3.05) is 13.2 Å². The molecule has 412 valence electrons. The van der Waals surface area contributed by atoms with Crippen LogP contribution in [-0.2, 0) is 28.6 Å². The Hall–Kier alpha value is -3.67. The lowest BCUT2D eigenvalue weighted by atomic mass is 10.0. The predicted octanol–water partition coefficient (Wildman–Crippen LogP) is 20.5. The maximum Gasteiger partial charge on any atom is 0.306 e. The summed E-state index contributed by atoms with van der Waals surface area (Å²) < 4.78 is 16.9. The van der Waals surface area contributed by atoms with E-state index in [2.05, 4.69) is 118 Å². The van der Waals surface area contributed by atoms with Gasteiger partial charge in [0.1, 0.15) is 13.2 Å². The van der Waals surface area contributed by atoms with Gasteiger partial charge in [-0.05, 0) is 109 Å². The van der Waals surface area contributed by atoms with Crippen LogP contribution < -0.4 is 0 Å². The molecule has 0 fully saturated rings. The number of esters is 3. The highest BCUT2D eigenvalue weighted by Crippen LogP contribution is 2.16. The van der Waals surface area contributed by atoms with Crippen LogP contribution in [0.3, 0.4) is 0 Å². The molecule has 0 aliphatic heterocycles. The Balaban J connectivity index is 4.26. The molecule has 0 aromatic carbocycles. The minimum Gasteiger partial charge on any atom is -0.462 e. The van der Waals surface area contributed by atoms with Gasteiger partial charge in [0.25, 0.3) is 0 Å². The summed E-state index contributed by atoms with van der Waals surface area (Å²) in [6, 6.07) is 0. The largest absolute Gasteiger partial charge is 0.462 e. The third-order valence-corrected chi connectivity index (χ3v) is 12.8. The van der Waals surface area contributed by atoms with Crippen molar-refractivity contribution in [3.63, 3.8) is 0 Å². The fourth-order valence-electron chi connectivity index (χ4n) is 8.25. The van der Waals surface area contributed by atoms with Gasteiger partial charge in [0.05, 0.1) is 0 Å². The zero-order valence-electron chi connectivity index (χ0n) is 47.2. The molecule has 0 rings (SSSR count). The van der Waals surface area contributed by atoms with Gasteiger partial charge in [-0.3, -0.25) is 14.4 Å². The van der Waals surface area contributed by atoms with Crippen molar-refractivity contribution < 1.29 is 28.6 Å². The minimum absolute atomic E-state index is 0.0872. The highest BCUT2D eigenvalue weighted by Gasteiger charge is 2.19. The second kappa shape index (κ2) is 59.9. The average molecular weight is 1000 g/mol. The summed E-state index contributed by atoms with van der Waals surface area (Å²) in [7, 11) is 0. The molecule has 0 aliphatic carbocycles. The highest BCUT2D eigenvalue weighted by atomic mass is 16.6. The van der Waals surface area contributed by atoms with Crippen molar-refractivity contribution in [3.05, 3.63) is 97.2 Å². The Kier molecular flexibility index (Phi) is 56.8. The van der Waals surface area contributed by atoms with Gasteiger partial charge in [0.2, 0.25) is 0 Å². The third-order valence-electron chi connectivity index (χ3n) is 12.8. The lowest BCUT2D eigenvalue weighted by Crippen LogP contribution is -2.30. The van der Waals surface area contributed by atoms with E-state index in [0.29, 0.717) is 19.3 Å². The van der Waals surface area contributed by atoms with Crippen LogP contribution in [-0.4, -0.2) is 37.2 Å². The van der Waals surface area contributed by atoms with E-state index in [1.807, 2.05) is 0 Å². The molecule has 0 spiro atoms. The maximum absolute atomic E-state index is 12.8. The summed E-state index contributed by atoms with van der Waals surface area (Å²) in [5.41, 5.74) is 0. The number of carbonyl (C=O) groups is 3. The predicted molar refractivity (Wildman–Crippen MR) is 311 cm³/mol. The number of ether oxygens (including phenoxy) is 3. The van der Waals surface area contributed by atoms with Crippen LogP contribution in [0.1, 0.15) is 284 Å². The number of unbranched alkanes of at least 4 members (excludes halogenated alkanes) is 27. The van der Waals surface area contributed by atoms with E-state index < -0.39 is 6.10 Å². The second-order valence-corrected chi connectivity index (χ2v) is 19.9. The van der Waals surface area contributed by atoms with E-state index in [-0.39, 0.29) is 31.1 Å². The van der Waals surface area contributed by atoms with Crippen molar-refractivity contribution in [3.8, 4) is 0 Å². The Morgan fingerprint density at radius 2 is 0.569 bits per heavy atom. The fourth-order valence-corrected chi connectivity index (χ4v) is 8.25. The maximum atomic E-state index is 12.8. The molecule has 0 aromatic rings. The molecule has 0 saturated heterocycles. The van der Waals surface area contributed by atoms with Gasteiger partial charge in [-0.25, -0.2) is 0 Å². The summed E-state index contributed by atoms with van der Waals surface area (Å²) in [5.74, 6) is -0.912. The highest BCUT2D eigenvalue weighted by molar-refractivity contribution is 5.71. The lowest BCUT2D eigenvalue weighted by molar-refractivity contribution is -0.167. The molecular weight excluding hydrogens is 889 g/mol. The normalized spacial score (nSPS) is 12.8. The first-order chi connectivity index (χ1) is 35.5. The van der Waals surface area contributed by atoms with E-state index in [1.165, 1.54) is 103 Å². The van der Waals surface area contributed by atoms with Gasteiger partial charge in [-0.2, -0.15) is 0 Å². The summed E-state index contributed by atoms with van der Waals surface area (Å²) >= 11 is 0. The Morgan fingerprint density at radius 3 is 0.903 bits per heavy atom. The molecule has 0 bridgehead atoms. The standard InChI is InChI=1S/C66H112O6/c1-4-7-10-13-16-19-22-25-27-28-29-30-31-32-33-34-35-36-37-38-39-42-44-47-50-53-56-59-65(68)71-62-63(61-70-64(67)58-55-52-49-46-43-40-24-21-18-15-12-9-6-3)72-66(69)60-57-54-51-48-45-41-26-23-20-17-14-11-8-5-2/h7,10,12,14-17,19,21,23-27,29-30,63H,4-6,8-9,11,13,18,20,22,28,31-62H2,1-3H3/b10-7-,15-12-,17-14-,19-16-,24-21-,26-23-,27-25-,30-29-. The van der Waals surface area contributed by atoms with Crippen LogP contribution in [0.4, 0.5) is 0 Å². The topological polar surface area (TPSA) is 78.9 Å². The SMILES string of the molecule is CC/C=C\C/C=C\C/C=C\C/C=C\CCCCCCCCCCCCCCCCC(=O)OCC(COC(=O)CCCCCCC/C=C\C/C=C\CCC)OC(=O)CCCCCCC/C=C\C/C=C\CCCC. The average Bonchev–Trinajstić information content (AvgIpc) is 3.38. The number of rotatable bonds is 54. The van der Waals surface area contributed by atoms with Gasteiger partial charge in [-0.1, -0.05) is 253 Å². The third kappa shape index (κ3) is 57.2. The molecule has 0 heterocycles. The van der Waals surface area contributed by atoms with Crippen LogP contribution in [0.25, 0.3) is 0 Å². The molecule has 1 unspecified atom stereocenters. The monoisotopic (exact) mass is 1000 g/mol. The molecule has 6 heteroatoms. The Morgan fingerprint density at radius 1 is 0.292 bits per heavy atom. The summed E-state index contributed by atoms with van der Waals surface area (Å²) in [6.07, 6.45) is 79.8. The van der Waals surface area contributed by atoms with Crippen molar-refractivity contribution in [2.24, 2.45) is 0 Å². The molecule has 0 aromatic heterocycles. The molecule has 0 N–H and O–H groups in total. The van der Waals surface area contributed by atoms with Crippen LogP contribution in [0.15, 0.2) is 97.2 Å². The van der Waals surface area contributed by atoms with Gasteiger partial charge < -0.3 is 14.2 Å². The van der Waals surface area contributed by atoms with Crippen molar-refractivity contribution in [1.82, 2.24) is 0 Å². The molecule has 6 nitrogen and oxygen atoms in total. The van der Waals surface area contributed by atoms with Crippen LogP contribution in [0.2, 0.25) is 0 Å². The molecule has 0 radical (unpaired) electrons. The Labute approximate surface area is 445 Å². The number of allylic oxidation sites excluding steroid dienone is 16. The van der Waals surface area contributed by atoms with E-state index in [9.17, 15) is 14.4 Å². The summed E-state index contributed by atoms with van der Waals surface area (Å²) in [5, 5.41) is 0. The fraction of sp³-hybridized carbons (Fsp3) is 0.712. The number of carbonyl (C=O) groups excluding carboxylic acids is 3. The van der Waals surface area contributed by atoms with E-state index in [1.54, 1.807) is 0 Å².